The van der Waals surface area contributed by atoms with Crippen LogP contribution < -0.4 is 4.90 Å². The summed E-state index contributed by atoms with van der Waals surface area (Å²) in [6, 6.07) is 3.93. The molecule has 0 saturated carbocycles. The zero-order valence-electron chi connectivity index (χ0n) is 12.9. The van der Waals surface area contributed by atoms with E-state index < -0.39 is 0 Å². The summed E-state index contributed by atoms with van der Waals surface area (Å²) >= 11 is 0. The Morgan fingerprint density at radius 3 is 2.65 bits per heavy atom. The Bertz CT molecular complexity index is 525. The Morgan fingerprint density at radius 2 is 2.05 bits per heavy atom. The highest BCUT2D eigenvalue weighted by Gasteiger charge is 2.14. The van der Waals surface area contributed by atoms with Crippen LogP contribution in [0.25, 0.3) is 5.69 Å². The summed E-state index contributed by atoms with van der Waals surface area (Å²) in [6.45, 7) is 11.1. The lowest BCUT2D eigenvalue weighted by molar-refractivity contribution is 0.379. The summed E-state index contributed by atoms with van der Waals surface area (Å²) in [5, 5.41) is 4.43. The number of hydrogen-bond acceptors (Lipinski definition) is 3. The molecule has 0 aliphatic heterocycles. The molecule has 0 amide bonds. The molecule has 2 rings (SSSR count). The molecule has 0 radical (unpaired) electrons. The first-order valence-corrected chi connectivity index (χ1v) is 7.19. The van der Waals surface area contributed by atoms with E-state index in [2.05, 4.69) is 48.9 Å². The van der Waals surface area contributed by atoms with Gasteiger partial charge in [0, 0.05) is 19.3 Å². The third-order valence-electron chi connectivity index (χ3n) is 3.36. The van der Waals surface area contributed by atoms with Crippen molar-refractivity contribution in [2.75, 3.05) is 18.0 Å². The fourth-order valence-electron chi connectivity index (χ4n) is 2.05. The van der Waals surface area contributed by atoms with E-state index in [1.807, 2.05) is 29.2 Å². The summed E-state index contributed by atoms with van der Waals surface area (Å²) in [7, 11) is 0. The van der Waals surface area contributed by atoms with E-state index in [0.717, 1.165) is 18.8 Å². The van der Waals surface area contributed by atoms with E-state index in [0.29, 0.717) is 5.41 Å². The van der Waals surface area contributed by atoms with Gasteiger partial charge in [0.15, 0.2) is 0 Å². The lowest BCUT2D eigenvalue weighted by atomic mass is 9.92. The van der Waals surface area contributed by atoms with Gasteiger partial charge in [0.1, 0.15) is 0 Å². The number of hydrogen-bond donors (Lipinski definition) is 0. The van der Waals surface area contributed by atoms with Crippen LogP contribution in [0, 0.1) is 5.41 Å². The van der Waals surface area contributed by atoms with E-state index in [4.69, 9.17) is 0 Å². The SMILES string of the molecule is CCN(CCC(C)(C)C)c1cnn(-c2cccnc2)c1. The lowest BCUT2D eigenvalue weighted by Gasteiger charge is -2.26. The number of aromatic nitrogens is 3. The van der Waals surface area contributed by atoms with Gasteiger partial charge in [-0.2, -0.15) is 5.10 Å². The minimum absolute atomic E-state index is 0.354. The zero-order valence-corrected chi connectivity index (χ0v) is 12.9. The number of nitrogens with zero attached hydrogens (tertiary/aromatic N) is 4. The van der Waals surface area contributed by atoms with E-state index in [1.165, 1.54) is 12.1 Å². The molecule has 4 heteroatoms. The van der Waals surface area contributed by atoms with Gasteiger partial charge in [-0.1, -0.05) is 20.8 Å². The Morgan fingerprint density at radius 1 is 1.25 bits per heavy atom. The van der Waals surface area contributed by atoms with Crippen molar-refractivity contribution >= 4 is 5.69 Å². The van der Waals surface area contributed by atoms with Gasteiger partial charge < -0.3 is 4.90 Å². The van der Waals surface area contributed by atoms with Gasteiger partial charge in [-0.3, -0.25) is 4.98 Å². The van der Waals surface area contributed by atoms with Crippen molar-refractivity contribution in [2.24, 2.45) is 5.41 Å². The molecule has 0 aliphatic carbocycles. The molecule has 108 valence electrons. The van der Waals surface area contributed by atoms with Gasteiger partial charge in [-0.25, -0.2) is 4.68 Å². The Hall–Kier alpha value is -1.84. The van der Waals surface area contributed by atoms with Crippen molar-refractivity contribution in [3.63, 3.8) is 0 Å². The van der Waals surface area contributed by atoms with Gasteiger partial charge >= 0.3 is 0 Å². The van der Waals surface area contributed by atoms with Crippen molar-refractivity contribution in [3.05, 3.63) is 36.9 Å². The second-order valence-electron chi connectivity index (χ2n) is 6.24. The van der Waals surface area contributed by atoms with Crippen molar-refractivity contribution in [3.8, 4) is 5.69 Å². The summed E-state index contributed by atoms with van der Waals surface area (Å²) in [4.78, 5) is 6.50. The van der Waals surface area contributed by atoms with Gasteiger partial charge in [0.2, 0.25) is 0 Å². The molecule has 0 aliphatic rings. The monoisotopic (exact) mass is 272 g/mol. The van der Waals surface area contributed by atoms with Crippen molar-refractivity contribution in [2.45, 2.75) is 34.1 Å². The molecular formula is C16H24N4. The van der Waals surface area contributed by atoms with Crippen molar-refractivity contribution < 1.29 is 0 Å². The van der Waals surface area contributed by atoms with Crippen LogP contribution in [0.5, 0.6) is 0 Å². The van der Waals surface area contributed by atoms with E-state index in [-0.39, 0.29) is 0 Å². The van der Waals surface area contributed by atoms with Crippen LogP contribution in [-0.2, 0) is 0 Å². The van der Waals surface area contributed by atoms with Crippen LogP contribution in [0.4, 0.5) is 5.69 Å². The third kappa shape index (κ3) is 3.83. The molecule has 4 nitrogen and oxygen atoms in total. The highest BCUT2D eigenvalue weighted by molar-refractivity contribution is 5.44. The van der Waals surface area contributed by atoms with Gasteiger partial charge in [-0.15, -0.1) is 0 Å². The molecule has 0 aromatic carbocycles. The Balaban J connectivity index is 2.10. The summed E-state index contributed by atoms with van der Waals surface area (Å²) in [5.41, 5.74) is 2.51. The van der Waals surface area contributed by atoms with Crippen molar-refractivity contribution in [1.82, 2.24) is 14.8 Å². The van der Waals surface area contributed by atoms with E-state index in [9.17, 15) is 0 Å². The topological polar surface area (TPSA) is 34.0 Å². The van der Waals surface area contributed by atoms with E-state index >= 15 is 0 Å². The maximum Gasteiger partial charge on any atom is 0.0829 e. The molecule has 0 spiro atoms. The van der Waals surface area contributed by atoms with Crippen molar-refractivity contribution in [1.29, 1.82) is 0 Å². The van der Waals surface area contributed by atoms with Crippen LogP contribution in [-0.4, -0.2) is 27.9 Å². The second kappa shape index (κ2) is 6.07. The van der Waals surface area contributed by atoms with Crippen LogP contribution >= 0.6 is 0 Å². The van der Waals surface area contributed by atoms with E-state index in [1.54, 1.807) is 6.20 Å². The molecule has 0 unspecified atom stereocenters. The molecule has 2 aromatic rings. The van der Waals surface area contributed by atoms with Gasteiger partial charge in [0.05, 0.1) is 30.0 Å². The second-order valence-corrected chi connectivity index (χ2v) is 6.24. The normalized spacial score (nSPS) is 11.6. The maximum absolute atomic E-state index is 4.43. The fraction of sp³-hybridized carbons (Fsp3) is 0.500. The lowest BCUT2D eigenvalue weighted by Crippen LogP contribution is -2.26. The standard InChI is InChI=1S/C16H24N4/c1-5-19(10-8-16(2,3)4)15-12-18-20(13-15)14-7-6-9-17-11-14/h6-7,9,11-13H,5,8,10H2,1-4H3. The number of anilines is 1. The smallest absolute Gasteiger partial charge is 0.0829 e. The highest BCUT2D eigenvalue weighted by Crippen LogP contribution is 2.22. The maximum atomic E-state index is 4.43. The molecule has 0 bridgehead atoms. The summed E-state index contributed by atoms with van der Waals surface area (Å²) in [5.74, 6) is 0. The quantitative estimate of drug-likeness (QED) is 0.835. The average molecular weight is 272 g/mol. The zero-order chi connectivity index (χ0) is 14.6. The van der Waals surface area contributed by atoms with Crippen LogP contribution in [0.2, 0.25) is 0 Å². The molecule has 0 N–H and O–H groups in total. The molecule has 2 aromatic heterocycles. The van der Waals surface area contributed by atoms with Gasteiger partial charge in [-0.05, 0) is 30.9 Å². The summed E-state index contributed by atoms with van der Waals surface area (Å²) < 4.78 is 1.88. The Labute approximate surface area is 121 Å². The van der Waals surface area contributed by atoms with Crippen LogP contribution in [0.3, 0.4) is 0 Å². The first kappa shape index (κ1) is 14.6. The molecule has 0 fully saturated rings. The highest BCUT2D eigenvalue weighted by atomic mass is 15.3. The summed E-state index contributed by atoms with van der Waals surface area (Å²) in [6.07, 6.45) is 8.76. The first-order chi connectivity index (χ1) is 9.49. The molecule has 0 saturated heterocycles. The molecule has 2 heterocycles. The predicted molar refractivity (Wildman–Crippen MR) is 83.3 cm³/mol. The van der Waals surface area contributed by atoms with Crippen LogP contribution in [0.1, 0.15) is 34.1 Å². The fourth-order valence-corrected chi connectivity index (χ4v) is 2.05. The predicted octanol–water partition coefficient (Wildman–Crippen LogP) is 3.53. The molecule has 0 atom stereocenters. The minimum atomic E-state index is 0.354. The first-order valence-electron chi connectivity index (χ1n) is 7.19. The average Bonchev–Trinajstić information content (AvgIpc) is 2.89. The third-order valence-corrected chi connectivity index (χ3v) is 3.36. The Kier molecular flexibility index (Phi) is 4.42. The van der Waals surface area contributed by atoms with Crippen LogP contribution in [0.15, 0.2) is 36.9 Å². The van der Waals surface area contributed by atoms with Gasteiger partial charge in [0.25, 0.3) is 0 Å². The largest absolute Gasteiger partial charge is 0.369 e. The number of rotatable bonds is 5. The molecule has 20 heavy (non-hydrogen) atoms. The minimum Gasteiger partial charge on any atom is -0.369 e. The molecular weight excluding hydrogens is 248 g/mol. The number of pyridine rings is 1.